The highest BCUT2D eigenvalue weighted by molar-refractivity contribution is 9.10. The minimum atomic E-state index is -3.41. The Bertz CT molecular complexity index is 530. The Morgan fingerprint density at radius 3 is 2.74 bits per heavy atom. The number of hydrogen-bond acceptors (Lipinski definition) is 2. The van der Waals surface area contributed by atoms with Gasteiger partial charge in [0.05, 0.1) is 4.90 Å². The van der Waals surface area contributed by atoms with E-state index >= 15 is 0 Å². The maximum Gasteiger partial charge on any atom is 0.240 e. The lowest BCUT2D eigenvalue weighted by atomic mass is 9.83. The van der Waals surface area contributed by atoms with Gasteiger partial charge in [0.2, 0.25) is 10.0 Å². The van der Waals surface area contributed by atoms with Crippen LogP contribution in [-0.2, 0) is 10.0 Å². The summed E-state index contributed by atoms with van der Waals surface area (Å²) >= 11 is 3.31. The predicted octanol–water partition coefficient (Wildman–Crippen LogP) is 3.70. The smallest absolute Gasteiger partial charge is 0.208 e. The van der Waals surface area contributed by atoms with Crippen molar-refractivity contribution in [2.45, 2.75) is 50.0 Å². The van der Waals surface area contributed by atoms with Gasteiger partial charge in [-0.1, -0.05) is 48.2 Å². The summed E-state index contributed by atoms with van der Waals surface area (Å²) in [6.45, 7) is 2.14. The van der Waals surface area contributed by atoms with Gasteiger partial charge in [-0.05, 0) is 37.0 Å². The first-order valence-electron chi connectivity index (χ1n) is 6.81. The summed E-state index contributed by atoms with van der Waals surface area (Å²) in [4.78, 5) is 0.335. The largest absolute Gasteiger partial charge is 0.240 e. The first-order valence-corrected chi connectivity index (χ1v) is 9.08. The first-order chi connectivity index (χ1) is 9.03. The molecule has 0 saturated heterocycles. The Morgan fingerprint density at radius 2 is 2.05 bits per heavy atom. The molecule has 0 aliphatic heterocycles. The second-order valence-electron chi connectivity index (χ2n) is 5.14. The fourth-order valence-corrected chi connectivity index (χ4v) is 4.69. The Hall–Kier alpha value is -0.390. The van der Waals surface area contributed by atoms with Gasteiger partial charge in [-0.15, -0.1) is 0 Å². The summed E-state index contributed by atoms with van der Waals surface area (Å²) in [6, 6.07) is 6.94. The van der Waals surface area contributed by atoms with Gasteiger partial charge in [0.15, 0.2) is 0 Å². The van der Waals surface area contributed by atoms with E-state index in [0.717, 1.165) is 30.2 Å². The zero-order valence-electron chi connectivity index (χ0n) is 11.1. The van der Waals surface area contributed by atoms with E-state index in [1.54, 1.807) is 18.2 Å². The maximum atomic E-state index is 12.4. The van der Waals surface area contributed by atoms with Gasteiger partial charge in [-0.3, -0.25) is 0 Å². The van der Waals surface area contributed by atoms with Crippen LogP contribution in [0.25, 0.3) is 0 Å². The molecule has 0 amide bonds. The van der Waals surface area contributed by atoms with Crippen molar-refractivity contribution in [3.63, 3.8) is 0 Å². The van der Waals surface area contributed by atoms with Gasteiger partial charge < -0.3 is 0 Å². The highest BCUT2D eigenvalue weighted by Gasteiger charge is 2.28. The van der Waals surface area contributed by atoms with E-state index in [-0.39, 0.29) is 6.04 Å². The van der Waals surface area contributed by atoms with Crippen LogP contribution in [0.4, 0.5) is 0 Å². The zero-order chi connectivity index (χ0) is 13.9. The summed E-state index contributed by atoms with van der Waals surface area (Å²) in [6.07, 6.45) is 5.44. The fraction of sp³-hybridized carbons (Fsp3) is 0.571. The Labute approximate surface area is 124 Å². The molecule has 106 valence electrons. The number of halogens is 1. The number of sulfonamides is 1. The molecule has 19 heavy (non-hydrogen) atoms. The summed E-state index contributed by atoms with van der Waals surface area (Å²) < 4.78 is 28.4. The number of nitrogens with one attached hydrogen (secondary N) is 1. The molecule has 2 atom stereocenters. The fourth-order valence-electron chi connectivity index (χ4n) is 2.75. The van der Waals surface area contributed by atoms with Crippen LogP contribution in [0, 0.1) is 5.92 Å². The van der Waals surface area contributed by atoms with Crippen molar-refractivity contribution in [1.29, 1.82) is 0 Å². The van der Waals surface area contributed by atoms with E-state index in [1.165, 1.54) is 6.42 Å². The van der Waals surface area contributed by atoms with Gasteiger partial charge >= 0.3 is 0 Å². The Balaban J connectivity index is 2.16. The van der Waals surface area contributed by atoms with E-state index < -0.39 is 10.0 Å². The van der Waals surface area contributed by atoms with Crippen LogP contribution in [0.2, 0.25) is 0 Å². The van der Waals surface area contributed by atoms with Crippen molar-refractivity contribution >= 4 is 26.0 Å². The van der Waals surface area contributed by atoms with E-state index in [4.69, 9.17) is 0 Å². The molecule has 1 N–H and O–H groups in total. The first kappa shape index (κ1) is 15.0. The molecule has 0 heterocycles. The molecule has 1 aromatic carbocycles. The molecule has 0 bridgehead atoms. The van der Waals surface area contributed by atoms with Crippen LogP contribution >= 0.6 is 15.9 Å². The third-order valence-corrected chi connectivity index (χ3v) is 5.83. The maximum absolute atomic E-state index is 12.4. The average Bonchev–Trinajstić information content (AvgIpc) is 2.39. The van der Waals surface area contributed by atoms with Crippen molar-refractivity contribution < 1.29 is 8.42 Å². The molecule has 2 unspecified atom stereocenters. The number of rotatable bonds is 4. The second-order valence-corrected chi connectivity index (χ2v) is 7.77. The molecule has 1 aromatic rings. The minimum absolute atomic E-state index is 0.0859. The van der Waals surface area contributed by atoms with Crippen molar-refractivity contribution in [3.05, 3.63) is 28.7 Å². The molecule has 1 fully saturated rings. The molecule has 1 aliphatic carbocycles. The van der Waals surface area contributed by atoms with Crippen LogP contribution < -0.4 is 4.72 Å². The molecule has 1 saturated carbocycles. The standard InChI is InChI=1S/C14H20BrNO2S/c1-2-11-6-3-4-9-14(11)16-19(17,18)13-8-5-7-12(15)10-13/h5,7-8,10-11,14,16H,2-4,6,9H2,1H3. The molecular weight excluding hydrogens is 326 g/mol. The van der Waals surface area contributed by atoms with Gasteiger partial charge in [-0.2, -0.15) is 0 Å². The lowest BCUT2D eigenvalue weighted by Crippen LogP contribution is -2.41. The van der Waals surface area contributed by atoms with Gasteiger partial charge in [-0.25, -0.2) is 13.1 Å². The number of benzene rings is 1. The molecule has 0 radical (unpaired) electrons. The second kappa shape index (κ2) is 6.37. The van der Waals surface area contributed by atoms with E-state index in [9.17, 15) is 8.42 Å². The highest BCUT2D eigenvalue weighted by Crippen LogP contribution is 2.28. The average molecular weight is 346 g/mol. The highest BCUT2D eigenvalue weighted by atomic mass is 79.9. The summed E-state index contributed by atoms with van der Waals surface area (Å²) in [7, 11) is -3.41. The van der Waals surface area contributed by atoms with Crippen molar-refractivity contribution in [2.24, 2.45) is 5.92 Å². The molecule has 3 nitrogen and oxygen atoms in total. The Morgan fingerprint density at radius 1 is 1.32 bits per heavy atom. The summed E-state index contributed by atoms with van der Waals surface area (Å²) in [5.41, 5.74) is 0. The topological polar surface area (TPSA) is 46.2 Å². The third-order valence-electron chi connectivity index (χ3n) is 3.85. The van der Waals surface area contributed by atoms with Crippen LogP contribution in [0.15, 0.2) is 33.6 Å². The quantitative estimate of drug-likeness (QED) is 0.904. The molecule has 5 heteroatoms. The lowest BCUT2D eigenvalue weighted by Gasteiger charge is -2.31. The SMILES string of the molecule is CCC1CCCCC1NS(=O)(=O)c1cccc(Br)c1. The van der Waals surface area contributed by atoms with E-state index in [1.807, 2.05) is 6.07 Å². The Kier molecular flexibility index (Phi) is 5.03. The number of hydrogen-bond donors (Lipinski definition) is 1. The van der Waals surface area contributed by atoms with Crippen molar-refractivity contribution in [2.75, 3.05) is 0 Å². The summed E-state index contributed by atoms with van der Waals surface area (Å²) in [5.74, 6) is 0.468. The molecule has 1 aliphatic rings. The molecule has 0 spiro atoms. The van der Waals surface area contributed by atoms with Crippen LogP contribution in [0.5, 0.6) is 0 Å². The minimum Gasteiger partial charge on any atom is -0.208 e. The van der Waals surface area contributed by atoms with Crippen LogP contribution in [0.3, 0.4) is 0 Å². The van der Waals surface area contributed by atoms with Gasteiger partial charge in [0.1, 0.15) is 0 Å². The van der Waals surface area contributed by atoms with Crippen molar-refractivity contribution in [3.8, 4) is 0 Å². The van der Waals surface area contributed by atoms with Crippen LogP contribution in [0.1, 0.15) is 39.0 Å². The van der Waals surface area contributed by atoms with Crippen molar-refractivity contribution in [1.82, 2.24) is 4.72 Å². The zero-order valence-corrected chi connectivity index (χ0v) is 13.5. The molecule has 2 rings (SSSR count). The molecular formula is C14H20BrNO2S. The van der Waals surface area contributed by atoms with Crippen LogP contribution in [-0.4, -0.2) is 14.5 Å². The predicted molar refractivity (Wildman–Crippen MR) is 80.5 cm³/mol. The normalized spacial score (nSPS) is 24.3. The summed E-state index contributed by atoms with van der Waals surface area (Å²) in [5, 5.41) is 0. The lowest BCUT2D eigenvalue weighted by molar-refractivity contribution is 0.282. The van der Waals surface area contributed by atoms with E-state index in [0.29, 0.717) is 10.8 Å². The van der Waals surface area contributed by atoms with Gasteiger partial charge in [0, 0.05) is 10.5 Å². The molecule has 0 aromatic heterocycles. The van der Waals surface area contributed by atoms with E-state index in [2.05, 4.69) is 27.6 Å². The monoisotopic (exact) mass is 345 g/mol. The third kappa shape index (κ3) is 3.80. The van der Waals surface area contributed by atoms with Gasteiger partial charge in [0.25, 0.3) is 0 Å².